The van der Waals surface area contributed by atoms with E-state index in [4.69, 9.17) is 9.72 Å². The van der Waals surface area contributed by atoms with Crippen LogP contribution >= 0.6 is 11.3 Å². The molecule has 25 heavy (non-hydrogen) atoms. The molecule has 1 aliphatic carbocycles. The van der Waals surface area contributed by atoms with Gasteiger partial charge in [-0.15, -0.1) is 11.3 Å². The van der Waals surface area contributed by atoms with E-state index in [1.807, 2.05) is 6.92 Å². The molecule has 1 atom stereocenters. The lowest BCUT2D eigenvalue weighted by atomic mass is 9.98. The Morgan fingerprint density at radius 3 is 3.12 bits per heavy atom. The summed E-state index contributed by atoms with van der Waals surface area (Å²) in [5.41, 5.74) is 1.19. The number of rotatable bonds is 4. The summed E-state index contributed by atoms with van der Waals surface area (Å²) in [6.07, 6.45) is 5.03. The molecular formula is C18H23N3O3S. The van der Waals surface area contributed by atoms with E-state index in [0.717, 1.165) is 48.9 Å². The minimum Gasteiger partial charge on any atom is -0.466 e. The highest BCUT2D eigenvalue weighted by Crippen LogP contribution is 2.34. The van der Waals surface area contributed by atoms with Gasteiger partial charge in [-0.05, 0) is 51.1 Å². The molecule has 2 aliphatic rings. The predicted octanol–water partition coefficient (Wildman–Crippen LogP) is 2.25. The predicted molar refractivity (Wildman–Crippen MR) is 96.9 cm³/mol. The second-order valence-electron chi connectivity index (χ2n) is 6.88. The van der Waals surface area contributed by atoms with E-state index in [1.54, 1.807) is 11.3 Å². The summed E-state index contributed by atoms with van der Waals surface area (Å²) in [6, 6.07) is 0. The van der Waals surface area contributed by atoms with Crippen molar-refractivity contribution in [1.82, 2.24) is 14.9 Å². The highest BCUT2D eigenvalue weighted by Gasteiger charge is 2.27. The van der Waals surface area contributed by atoms with E-state index in [0.29, 0.717) is 25.5 Å². The van der Waals surface area contributed by atoms with Crippen LogP contribution in [-0.4, -0.2) is 40.5 Å². The zero-order valence-corrected chi connectivity index (χ0v) is 15.3. The number of aromatic nitrogens is 2. The number of thiophene rings is 1. The second kappa shape index (κ2) is 6.88. The molecule has 1 fully saturated rings. The van der Waals surface area contributed by atoms with E-state index >= 15 is 0 Å². The van der Waals surface area contributed by atoms with Crippen LogP contribution in [0.2, 0.25) is 0 Å². The lowest BCUT2D eigenvalue weighted by molar-refractivity contribution is -0.150. The van der Waals surface area contributed by atoms with Crippen LogP contribution in [0.3, 0.4) is 0 Å². The van der Waals surface area contributed by atoms with Gasteiger partial charge in [0.25, 0.3) is 5.56 Å². The molecular weight excluding hydrogens is 338 g/mol. The number of likely N-dealkylation sites (tertiary alicyclic amines) is 1. The van der Waals surface area contributed by atoms with Crippen molar-refractivity contribution in [2.45, 2.75) is 45.6 Å². The molecule has 6 nitrogen and oxygen atoms in total. The second-order valence-corrected chi connectivity index (χ2v) is 7.96. The molecule has 0 aromatic carbocycles. The maximum Gasteiger partial charge on any atom is 0.310 e. The molecule has 2 aromatic heterocycles. The average Bonchev–Trinajstić information content (AvgIpc) is 3.15. The molecule has 1 N–H and O–H groups in total. The molecule has 2 aromatic rings. The number of nitrogens with one attached hydrogen (secondary N) is 1. The monoisotopic (exact) mass is 361 g/mol. The third-order valence-electron chi connectivity index (χ3n) is 5.12. The zero-order chi connectivity index (χ0) is 17.4. The third-order valence-corrected chi connectivity index (χ3v) is 6.31. The number of carbonyl (C=O) groups is 1. The summed E-state index contributed by atoms with van der Waals surface area (Å²) in [7, 11) is 0. The number of aryl methyl sites for hydroxylation is 2. The lowest BCUT2D eigenvalue weighted by Crippen LogP contribution is -2.39. The number of nitrogens with zero attached hydrogens (tertiary/aromatic N) is 2. The average molecular weight is 361 g/mol. The van der Waals surface area contributed by atoms with Gasteiger partial charge < -0.3 is 9.72 Å². The maximum atomic E-state index is 12.5. The van der Waals surface area contributed by atoms with Crippen molar-refractivity contribution >= 4 is 27.5 Å². The Balaban J connectivity index is 1.53. The number of ether oxygens (including phenoxy) is 1. The standard InChI is InChI=1S/C18H23N3O3S/c1-2-24-18(23)11-5-4-8-21(9-11)10-14-19-16(22)15-12-6-3-7-13(12)25-17(15)20-14/h11H,2-10H2,1H3,(H,19,20,22). The van der Waals surface area contributed by atoms with Crippen LogP contribution < -0.4 is 5.56 Å². The van der Waals surface area contributed by atoms with E-state index in [1.165, 1.54) is 10.4 Å². The van der Waals surface area contributed by atoms with Crippen LogP contribution in [0.1, 0.15) is 42.5 Å². The fourth-order valence-corrected chi connectivity index (χ4v) is 5.27. The van der Waals surface area contributed by atoms with Gasteiger partial charge >= 0.3 is 5.97 Å². The Morgan fingerprint density at radius 2 is 2.28 bits per heavy atom. The van der Waals surface area contributed by atoms with Crippen molar-refractivity contribution in [2.24, 2.45) is 5.92 Å². The van der Waals surface area contributed by atoms with Crippen molar-refractivity contribution in [3.8, 4) is 0 Å². The van der Waals surface area contributed by atoms with Gasteiger partial charge in [-0.2, -0.15) is 0 Å². The minimum atomic E-state index is -0.112. The molecule has 0 radical (unpaired) electrons. The summed E-state index contributed by atoms with van der Waals surface area (Å²) < 4.78 is 5.15. The number of hydrogen-bond acceptors (Lipinski definition) is 6. The fraction of sp³-hybridized carbons (Fsp3) is 0.611. The molecule has 0 spiro atoms. The number of hydrogen-bond donors (Lipinski definition) is 1. The fourth-order valence-electron chi connectivity index (χ4n) is 3.99. The SMILES string of the molecule is CCOC(=O)C1CCCN(Cc2nc3sc4c(c3c(=O)[nH]2)CCC4)C1. The van der Waals surface area contributed by atoms with Gasteiger partial charge in [0, 0.05) is 11.4 Å². The van der Waals surface area contributed by atoms with E-state index in [-0.39, 0.29) is 17.4 Å². The van der Waals surface area contributed by atoms with Gasteiger partial charge in [-0.3, -0.25) is 14.5 Å². The summed E-state index contributed by atoms with van der Waals surface area (Å²) in [5.74, 6) is 0.510. The smallest absolute Gasteiger partial charge is 0.310 e. The Bertz CT molecular complexity index is 857. The Labute approximate surface area is 150 Å². The van der Waals surface area contributed by atoms with Gasteiger partial charge in [0.05, 0.1) is 24.5 Å². The third kappa shape index (κ3) is 3.22. The van der Waals surface area contributed by atoms with Crippen LogP contribution in [0.15, 0.2) is 4.79 Å². The number of aromatic amines is 1. The first-order chi connectivity index (χ1) is 12.2. The normalized spacial score (nSPS) is 20.8. The van der Waals surface area contributed by atoms with E-state index in [9.17, 15) is 9.59 Å². The van der Waals surface area contributed by atoms with Crippen molar-refractivity contribution in [3.05, 3.63) is 26.6 Å². The van der Waals surface area contributed by atoms with E-state index in [2.05, 4.69) is 9.88 Å². The highest BCUT2D eigenvalue weighted by molar-refractivity contribution is 7.18. The highest BCUT2D eigenvalue weighted by atomic mass is 32.1. The molecule has 0 amide bonds. The lowest BCUT2D eigenvalue weighted by Gasteiger charge is -2.30. The minimum absolute atomic E-state index is 0.0154. The van der Waals surface area contributed by atoms with Crippen LogP contribution in [0, 0.1) is 5.92 Å². The van der Waals surface area contributed by atoms with Gasteiger partial charge in [-0.1, -0.05) is 0 Å². The summed E-state index contributed by atoms with van der Waals surface area (Å²) in [5, 5.41) is 0.796. The number of H-pyrrole nitrogens is 1. The molecule has 1 saturated heterocycles. The molecule has 7 heteroatoms. The van der Waals surface area contributed by atoms with Gasteiger partial charge in [0.2, 0.25) is 0 Å². The first kappa shape index (κ1) is 16.7. The molecule has 1 aliphatic heterocycles. The molecule has 0 bridgehead atoms. The Hall–Kier alpha value is -1.73. The van der Waals surface area contributed by atoms with Gasteiger partial charge in [0.1, 0.15) is 10.7 Å². The topological polar surface area (TPSA) is 75.3 Å². The molecule has 134 valence electrons. The van der Waals surface area contributed by atoms with Crippen LogP contribution in [0.4, 0.5) is 0 Å². The summed E-state index contributed by atoms with van der Waals surface area (Å²) >= 11 is 1.67. The van der Waals surface area contributed by atoms with Crippen LogP contribution in [0.25, 0.3) is 10.2 Å². The molecule has 0 saturated carbocycles. The van der Waals surface area contributed by atoms with Crippen molar-refractivity contribution < 1.29 is 9.53 Å². The Morgan fingerprint density at radius 1 is 1.40 bits per heavy atom. The number of piperidine rings is 1. The summed E-state index contributed by atoms with van der Waals surface area (Å²) in [6.45, 7) is 4.41. The molecule has 1 unspecified atom stereocenters. The van der Waals surface area contributed by atoms with Gasteiger partial charge in [-0.25, -0.2) is 4.98 Å². The van der Waals surface area contributed by atoms with Crippen molar-refractivity contribution in [1.29, 1.82) is 0 Å². The summed E-state index contributed by atoms with van der Waals surface area (Å²) in [4.78, 5) is 36.6. The quantitative estimate of drug-likeness (QED) is 0.846. The molecule has 4 rings (SSSR count). The number of esters is 1. The number of carbonyl (C=O) groups excluding carboxylic acids is 1. The van der Waals surface area contributed by atoms with Crippen LogP contribution in [-0.2, 0) is 28.9 Å². The largest absolute Gasteiger partial charge is 0.466 e. The maximum absolute atomic E-state index is 12.5. The first-order valence-electron chi connectivity index (χ1n) is 9.08. The first-order valence-corrected chi connectivity index (χ1v) is 9.89. The molecule has 3 heterocycles. The Kier molecular flexibility index (Phi) is 4.60. The van der Waals surface area contributed by atoms with Gasteiger partial charge in [0.15, 0.2) is 0 Å². The van der Waals surface area contributed by atoms with Crippen molar-refractivity contribution in [3.63, 3.8) is 0 Å². The zero-order valence-electron chi connectivity index (χ0n) is 14.5. The number of fused-ring (bicyclic) bond motifs is 3. The van der Waals surface area contributed by atoms with Crippen molar-refractivity contribution in [2.75, 3.05) is 19.7 Å². The van der Waals surface area contributed by atoms with Crippen LogP contribution in [0.5, 0.6) is 0 Å². The van der Waals surface area contributed by atoms with E-state index < -0.39 is 0 Å².